The van der Waals surface area contributed by atoms with E-state index in [0.29, 0.717) is 12.0 Å². The fraction of sp³-hybridized carbons (Fsp3) is 0.480. The van der Waals surface area contributed by atoms with Crippen LogP contribution in [0.5, 0.6) is 0 Å². The number of nitrogens with one attached hydrogen (secondary N) is 2. The minimum Gasteiger partial charge on any atom is -0.349 e. The molecule has 4 rings (SSSR count). The van der Waals surface area contributed by atoms with E-state index in [1.54, 1.807) is 17.7 Å². The van der Waals surface area contributed by atoms with Gasteiger partial charge in [0.15, 0.2) is 0 Å². The molecule has 2 fully saturated rings. The molecule has 1 aromatic carbocycles. The van der Waals surface area contributed by atoms with Crippen LogP contribution < -0.4 is 16.2 Å². The van der Waals surface area contributed by atoms with Crippen LogP contribution in [0.2, 0.25) is 0 Å². The number of aromatic nitrogens is 1. The molecule has 0 radical (unpaired) electrons. The number of amides is 2. The molecule has 1 saturated carbocycles. The number of benzene rings is 1. The zero-order valence-corrected chi connectivity index (χ0v) is 19.5. The van der Waals surface area contributed by atoms with Gasteiger partial charge >= 0.3 is 6.18 Å². The lowest BCUT2D eigenvalue weighted by Gasteiger charge is -2.46. The minimum atomic E-state index is -4.54. The lowest BCUT2D eigenvalue weighted by molar-refractivity contribution is -0.137. The van der Waals surface area contributed by atoms with Crippen LogP contribution in [0.4, 0.5) is 13.2 Å². The number of carbonyl (C=O) groups is 2. The van der Waals surface area contributed by atoms with E-state index in [4.69, 9.17) is 0 Å². The lowest BCUT2D eigenvalue weighted by Crippen LogP contribution is -2.63. The molecule has 2 amide bonds. The second-order valence-corrected chi connectivity index (χ2v) is 9.39. The molecule has 0 unspecified atom stereocenters. The first-order valence-electron chi connectivity index (χ1n) is 11.8. The van der Waals surface area contributed by atoms with Crippen LogP contribution in [0.25, 0.3) is 0 Å². The summed E-state index contributed by atoms with van der Waals surface area (Å²) in [7, 11) is 1.74. The smallest absolute Gasteiger partial charge is 0.349 e. The minimum absolute atomic E-state index is 0.0111. The second-order valence-electron chi connectivity index (χ2n) is 9.39. The van der Waals surface area contributed by atoms with Crippen molar-refractivity contribution in [1.82, 2.24) is 20.1 Å². The predicted octanol–water partition coefficient (Wildman–Crippen LogP) is 2.66. The SMILES string of the molecule is Cn1ccc([C@H]2CC[C@@H](N3CC(NC(=O)CNC(=O)c4cccc(C(F)(F)F)c4)C3)CC2)cc1=O. The maximum atomic E-state index is 12.8. The first-order valence-corrected chi connectivity index (χ1v) is 11.8. The topological polar surface area (TPSA) is 83.4 Å². The third-order valence-electron chi connectivity index (χ3n) is 6.95. The quantitative estimate of drug-likeness (QED) is 0.652. The number of rotatable bonds is 6. The first kappa shape index (κ1) is 25.0. The van der Waals surface area contributed by atoms with Crippen LogP contribution in [0.3, 0.4) is 0 Å². The fourth-order valence-electron chi connectivity index (χ4n) is 4.87. The Bertz CT molecular complexity index is 1130. The lowest BCUT2D eigenvalue weighted by atomic mass is 9.80. The van der Waals surface area contributed by atoms with Crippen LogP contribution in [0.1, 0.15) is 53.1 Å². The van der Waals surface area contributed by atoms with Crippen LogP contribution >= 0.6 is 0 Å². The molecule has 7 nitrogen and oxygen atoms in total. The average molecular weight is 491 g/mol. The molecule has 0 atom stereocenters. The molecule has 2 heterocycles. The van der Waals surface area contributed by atoms with Crippen molar-refractivity contribution in [3.8, 4) is 0 Å². The van der Waals surface area contributed by atoms with Crippen LogP contribution in [-0.2, 0) is 18.0 Å². The molecular weight excluding hydrogens is 461 g/mol. The maximum Gasteiger partial charge on any atom is 0.416 e. The Labute approximate surface area is 201 Å². The normalized spacial score (nSPS) is 21.3. The van der Waals surface area contributed by atoms with Crippen LogP contribution in [-0.4, -0.2) is 53.0 Å². The summed E-state index contributed by atoms with van der Waals surface area (Å²) in [4.78, 5) is 38.6. The number of halogens is 3. The third kappa shape index (κ3) is 6.11. The highest BCUT2D eigenvalue weighted by molar-refractivity contribution is 5.96. The molecule has 0 bridgehead atoms. The van der Waals surface area contributed by atoms with Crippen molar-refractivity contribution in [2.45, 2.75) is 49.9 Å². The summed E-state index contributed by atoms with van der Waals surface area (Å²) >= 11 is 0. The van der Waals surface area contributed by atoms with Gasteiger partial charge in [-0.1, -0.05) is 6.07 Å². The van der Waals surface area contributed by atoms with Gasteiger partial charge in [0.2, 0.25) is 5.91 Å². The van der Waals surface area contributed by atoms with E-state index in [9.17, 15) is 27.6 Å². The van der Waals surface area contributed by atoms with Crippen molar-refractivity contribution in [1.29, 1.82) is 0 Å². The molecule has 2 aliphatic rings. The fourth-order valence-corrected chi connectivity index (χ4v) is 4.87. The predicted molar refractivity (Wildman–Crippen MR) is 124 cm³/mol. The van der Waals surface area contributed by atoms with Crippen molar-refractivity contribution in [2.24, 2.45) is 7.05 Å². The first-order chi connectivity index (χ1) is 16.6. The zero-order valence-electron chi connectivity index (χ0n) is 19.5. The number of likely N-dealkylation sites (tertiary alicyclic amines) is 1. The Morgan fingerprint density at radius 2 is 1.77 bits per heavy atom. The van der Waals surface area contributed by atoms with Crippen molar-refractivity contribution in [3.05, 3.63) is 69.6 Å². The van der Waals surface area contributed by atoms with Crippen molar-refractivity contribution in [3.63, 3.8) is 0 Å². The van der Waals surface area contributed by atoms with Gasteiger partial charge in [0.05, 0.1) is 18.2 Å². The largest absolute Gasteiger partial charge is 0.416 e. The van der Waals surface area contributed by atoms with Crippen molar-refractivity contribution in [2.75, 3.05) is 19.6 Å². The molecule has 188 valence electrons. The molecule has 2 N–H and O–H groups in total. The number of carbonyl (C=O) groups excluding carboxylic acids is 2. The summed E-state index contributed by atoms with van der Waals surface area (Å²) in [6, 6.07) is 8.28. The summed E-state index contributed by atoms with van der Waals surface area (Å²) in [6.45, 7) is 1.16. The van der Waals surface area contributed by atoms with Gasteiger partial charge in [0, 0.05) is 44.0 Å². The Hall–Kier alpha value is -3.14. The Balaban J connectivity index is 1.17. The highest BCUT2D eigenvalue weighted by Gasteiger charge is 2.35. The highest BCUT2D eigenvalue weighted by atomic mass is 19.4. The highest BCUT2D eigenvalue weighted by Crippen LogP contribution is 2.35. The van der Waals surface area contributed by atoms with Crippen LogP contribution in [0, 0.1) is 0 Å². The summed E-state index contributed by atoms with van der Waals surface area (Å²) in [5.74, 6) is -0.698. The molecule has 0 spiro atoms. The number of pyridine rings is 1. The standard InChI is InChI=1S/C25H29F3N4O3/c1-31-10-9-17(12-23(31)34)16-5-7-21(8-6-16)32-14-20(15-32)30-22(33)13-29-24(35)18-3-2-4-19(11-18)25(26,27)28/h2-4,9-12,16,20-21H,5-8,13-15H2,1H3,(H,29,35)(H,30,33)/t16-,21+. The van der Waals surface area contributed by atoms with E-state index in [1.165, 1.54) is 6.07 Å². The Kier molecular flexibility index (Phi) is 7.30. The van der Waals surface area contributed by atoms with Crippen molar-refractivity contribution < 1.29 is 22.8 Å². The second kappa shape index (κ2) is 10.2. The Morgan fingerprint density at radius 1 is 1.06 bits per heavy atom. The van der Waals surface area contributed by atoms with E-state index < -0.39 is 17.6 Å². The molecule has 1 aromatic heterocycles. The van der Waals surface area contributed by atoms with Gasteiger partial charge in [-0.15, -0.1) is 0 Å². The van der Waals surface area contributed by atoms with Gasteiger partial charge in [-0.2, -0.15) is 13.2 Å². The number of hydrogen-bond donors (Lipinski definition) is 2. The van der Waals surface area contributed by atoms with Gasteiger partial charge in [-0.25, -0.2) is 0 Å². The number of nitrogens with zero attached hydrogens (tertiary/aromatic N) is 2. The molecule has 1 aliphatic heterocycles. The molecule has 1 saturated heterocycles. The molecular formula is C25H29F3N4O3. The van der Waals surface area contributed by atoms with E-state index >= 15 is 0 Å². The number of aryl methyl sites for hydroxylation is 1. The summed E-state index contributed by atoms with van der Waals surface area (Å²) in [6.07, 6.45) is 1.39. The summed E-state index contributed by atoms with van der Waals surface area (Å²) < 4.78 is 40.0. The van der Waals surface area contributed by atoms with Crippen molar-refractivity contribution >= 4 is 11.8 Å². The summed E-state index contributed by atoms with van der Waals surface area (Å²) in [5, 5.41) is 5.24. The number of hydrogen-bond acceptors (Lipinski definition) is 4. The molecule has 1 aliphatic carbocycles. The molecule has 10 heteroatoms. The maximum absolute atomic E-state index is 12.8. The van der Waals surface area contributed by atoms with Gasteiger partial charge < -0.3 is 15.2 Å². The molecule has 35 heavy (non-hydrogen) atoms. The summed E-state index contributed by atoms with van der Waals surface area (Å²) in [5.41, 5.74) is 0.0598. The molecule has 2 aromatic rings. The van der Waals surface area contributed by atoms with E-state index in [-0.39, 0.29) is 29.6 Å². The average Bonchev–Trinajstić information content (AvgIpc) is 2.81. The van der Waals surface area contributed by atoms with E-state index in [2.05, 4.69) is 15.5 Å². The Morgan fingerprint density at radius 3 is 2.43 bits per heavy atom. The van der Waals surface area contributed by atoms with Gasteiger partial charge in [0.25, 0.3) is 11.5 Å². The van der Waals surface area contributed by atoms with Gasteiger partial charge in [-0.05, 0) is 61.4 Å². The number of alkyl halides is 3. The zero-order chi connectivity index (χ0) is 25.2. The van der Waals surface area contributed by atoms with E-state index in [1.807, 2.05) is 12.3 Å². The van der Waals surface area contributed by atoms with Gasteiger partial charge in [0.1, 0.15) is 0 Å². The monoisotopic (exact) mass is 490 g/mol. The van der Waals surface area contributed by atoms with Gasteiger partial charge in [-0.3, -0.25) is 19.3 Å². The third-order valence-corrected chi connectivity index (χ3v) is 6.95. The van der Waals surface area contributed by atoms with E-state index in [0.717, 1.165) is 62.5 Å². The van der Waals surface area contributed by atoms with Crippen LogP contribution in [0.15, 0.2) is 47.4 Å².